The molecule has 2 amide bonds. The van der Waals surface area contributed by atoms with Crippen molar-refractivity contribution in [1.29, 1.82) is 0 Å². The number of amides is 2. The lowest BCUT2D eigenvalue weighted by Crippen LogP contribution is -2.45. The second-order valence-electron chi connectivity index (χ2n) is 3.64. The van der Waals surface area contributed by atoms with Gasteiger partial charge in [-0.3, -0.25) is 9.59 Å². The molecule has 0 spiro atoms. The topological polar surface area (TPSA) is 90.5 Å². The summed E-state index contributed by atoms with van der Waals surface area (Å²) in [7, 11) is 0. The van der Waals surface area contributed by atoms with E-state index in [0.29, 0.717) is 25.4 Å². The first kappa shape index (κ1) is 13.3. The molecular formula is C9H17N3O3S. The van der Waals surface area contributed by atoms with Crippen LogP contribution in [0.1, 0.15) is 6.92 Å². The normalized spacial score (nSPS) is 21.6. The number of carbonyl (C=O) groups excluding carboxylic acids is 2. The molecule has 1 rings (SSSR count). The number of hydrogen-bond acceptors (Lipinski definition) is 5. The Morgan fingerprint density at radius 1 is 1.69 bits per heavy atom. The van der Waals surface area contributed by atoms with E-state index in [2.05, 4.69) is 16.0 Å². The van der Waals surface area contributed by atoms with Crippen LogP contribution in [0.15, 0.2) is 0 Å². The highest BCUT2D eigenvalue weighted by Gasteiger charge is 2.27. The summed E-state index contributed by atoms with van der Waals surface area (Å²) in [5.74, 6) is 0.336. The van der Waals surface area contributed by atoms with Gasteiger partial charge in [-0.15, -0.1) is 0 Å². The Balaban J connectivity index is 2.04. The molecular weight excluding hydrogens is 230 g/mol. The van der Waals surface area contributed by atoms with Crippen LogP contribution in [0, 0.1) is 0 Å². The van der Waals surface area contributed by atoms with Crippen molar-refractivity contribution < 1.29 is 14.7 Å². The minimum absolute atomic E-state index is 0.146. The first-order chi connectivity index (χ1) is 7.59. The summed E-state index contributed by atoms with van der Waals surface area (Å²) in [6.45, 7) is 3.29. The van der Waals surface area contributed by atoms with E-state index >= 15 is 0 Å². The molecule has 0 radical (unpaired) electrons. The third kappa shape index (κ3) is 4.82. The number of rotatable bonds is 6. The largest absolute Gasteiger partial charge is 0.392 e. The van der Waals surface area contributed by atoms with Gasteiger partial charge < -0.3 is 21.1 Å². The van der Waals surface area contributed by atoms with E-state index in [0.717, 1.165) is 11.8 Å². The van der Waals surface area contributed by atoms with Crippen molar-refractivity contribution in [3.05, 3.63) is 0 Å². The van der Waals surface area contributed by atoms with E-state index in [4.69, 9.17) is 5.11 Å². The summed E-state index contributed by atoms with van der Waals surface area (Å²) in [6.07, 6.45) is -0.388. The zero-order valence-corrected chi connectivity index (χ0v) is 9.97. The van der Waals surface area contributed by atoms with Crippen molar-refractivity contribution in [2.75, 3.05) is 25.4 Å². The van der Waals surface area contributed by atoms with Crippen LogP contribution in [-0.4, -0.2) is 53.8 Å². The smallest absolute Gasteiger partial charge is 0.279 e. The monoisotopic (exact) mass is 247 g/mol. The molecule has 2 atom stereocenters. The summed E-state index contributed by atoms with van der Waals surface area (Å²) in [5, 5.41) is 17.1. The molecule has 16 heavy (non-hydrogen) atoms. The molecule has 0 saturated carbocycles. The van der Waals surface area contributed by atoms with Crippen LogP contribution < -0.4 is 16.0 Å². The molecule has 92 valence electrons. The molecule has 4 N–H and O–H groups in total. The van der Waals surface area contributed by atoms with Crippen molar-refractivity contribution >= 4 is 22.9 Å². The van der Waals surface area contributed by atoms with Crippen molar-refractivity contribution in [2.24, 2.45) is 0 Å². The quantitative estimate of drug-likeness (QED) is 0.447. The number of aliphatic hydroxyl groups excluding tert-OH is 1. The van der Waals surface area contributed by atoms with Gasteiger partial charge in [-0.05, 0) is 6.92 Å². The fourth-order valence-corrected chi connectivity index (χ4v) is 2.01. The lowest BCUT2D eigenvalue weighted by Gasteiger charge is -2.11. The third-order valence-electron chi connectivity index (χ3n) is 2.03. The van der Waals surface area contributed by atoms with E-state index in [1.54, 1.807) is 6.92 Å². The molecule has 1 fully saturated rings. The number of carbonyl (C=O) groups is 2. The Kier molecular flexibility index (Phi) is 5.58. The zero-order chi connectivity index (χ0) is 12.0. The molecule has 0 aliphatic carbocycles. The first-order valence-electron chi connectivity index (χ1n) is 5.19. The summed E-state index contributed by atoms with van der Waals surface area (Å²) in [4.78, 5) is 22.3. The van der Waals surface area contributed by atoms with Gasteiger partial charge in [0, 0.05) is 25.4 Å². The molecule has 7 heteroatoms. The number of thioether (sulfide) groups is 1. The summed E-state index contributed by atoms with van der Waals surface area (Å²) in [5.41, 5.74) is 0. The molecule has 0 aromatic heterocycles. The second kappa shape index (κ2) is 6.72. The maximum absolute atomic E-state index is 11.5. The van der Waals surface area contributed by atoms with Crippen molar-refractivity contribution in [3.8, 4) is 0 Å². The molecule has 6 nitrogen and oxygen atoms in total. The van der Waals surface area contributed by atoms with Crippen molar-refractivity contribution in [2.45, 2.75) is 19.1 Å². The minimum atomic E-state index is -0.408. The lowest BCUT2D eigenvalue weighted by atomic mass is 10.3. The highest BCUT2D eigenvalue weighted by molar-refractivity contribution is 8.14. The van der Waals surface area contributed by atoms with Gasteiger partial charge in [0.15, 0.2) is 0 Å². The number of hydrogen-bond donors (Lipinski definition) is 4. The number of aliphatic hydroxyl groups is 1. The minimum Gasteiger partial charge on any atom is -0.392 e. The molecule has 1 heterocycles. The highest BCUT2D eigenvalue weighted by atomic mass is 32.2. The Hall–Kier alpha value is -0.790. The average molecular weight is 247 g/mol. The molecule has 1 aliphatic heterocycles. The van der Waals surface area contributed by atoms with Crippen LogP contribution in [0.25, 0.3) is 0 Å². The van der Waals surface area contributed by atoms with Gasteiger partial charge in [0.2, 0.25) is 5.91 Å². The summed E-state index contributed by atoms with van der Waals surface area (Å²) in [6, 6.07) is -0.408. The lowest BCUT2D eigenvalue weighted by molar-refractivity contribution is -0.122. The van der Waals surface area contributed by atoms with Gasteiger partial charge in [-0.1, -0.05) is 11.8 Å². The SMILES string of the molecule is CC(O)CNCCNC(=O)C1CSC(=O)N1. The first-order valence-corrected chi connectivity index (χ1v) is 6.18. The van der Waals surface area contributed by atoms with Gasteiger partial charge in [0.1, 0.15) is 6.04 Å². The van der Waals surface area contributed by atoms with Gasteiger partial charge >= 0.3 is 0 Å². The van der Waals surface area contributed by atoms with E-state index in [9.17, 15) is 9.59 Å². The fraction of sp³-hybridized carbons (Fsp3) is 0.778. The Morgan fingerprint density at radius 2 is 2.44 bits per heavy atom. The van der Waals surface area contributed by atoms with Crippen molar-refractivity contribution in [3.63, 3.8) is 0 Å². The Morgan fingerprint density at radius 3 is 3.00 bits per heavy atom. The van der Waals surface area contributed by atoms with Crippen LogP contribution in [0.3, 0.4) is 0 Å². The second-order valence-corrected chi connectivity index (χ2v) is 4.63. The maximum Gasteiger partial charge on any atom is 0.279 e. The predicted octanol–water partition coefficient (Wildman–Crippen LogP) is -1.10. The van der Waals surface area contributed by atoms with E-state index in [1.807, 2.05) is 0 Å². The third-order valence-corrected chi connectivity index (χ3v) is 2.91. The van der Waals surface area contributed by atoms with E-state index in [1.165, 1.54) is 0 Å². The van der Waals surface area contributed by atoms with Gasteiger partial charge in [0.05, 0.1) is 6.10 Å². The van der Waals surface area contributed by atoms with Crippen LogP contribution >= 0.6 is 11.8 Å². The molecule has 0 aromatic rings. The standard InChI is InChI=1S/C9H17N3O3S/c1-6(13)4-10-2-3-11-8(14)7-5-16-9(15)12-7/h6-7,10,13H,2-5H2,1H3,(H,11,14)(H,12,15). The molecule has 1 saturated heterocycles. The van der Waals surface area contributed by atoms with Crippen LogP contribution in [-0.2, 0) is 4.79 Å². The fourth-order valence-electron chi connectivity index (χ4n) is 1.23. The van der Waals surface area contributed by atoms with Gasteiger partial charge in [-0.2, -0.15) is 0 Å². The average Bonchev–Trinajstić information content (AvgIpc) is 2.63. The number of nitrogens with one attached hydrogen (secondary N) is 3. The summed E-state index contributed by atoms with van der Waals surface area (Å²) < 4.78 is 0. The predicted molar refractivity (Wildman–Crippen MR) is 62.3 cm³/mol. The Labute approximate surface area is 98.5 Å². The van der Waals surface area contributed by atoms with Crippen LogP contribution in [0.4, 0.5) is 4.79 Å². The maximum atomic E-state index is 11.5. The van der Waals surface area contributed by atoms with Crippen LogP contribution in [0.2, 0.25) is 0 Å². The molecule has 0 bridgehead atoms. The Bertz CT molecular complexity index is 260. The van der Waals surface area contributed by atoms with Crippen LogP contribution in [0.5, 0.6) is 0 Å². The van der Waals surface area contributed by atoms with Gasteiger partial charge in [-0.25, -0.2) is 0 Å². The van der Waals surface area contributed by atoms with Gasteiger partial charge in [0.25, 0.3) is 5.24 Å². The summed E-state index contributed by atoms with van der Waals surface area (Å²) >= 11 is 1.12. The molecule has 2 unspecified atom stereocenters. The molecule has 0 aromatic carbocycles. The van der Waals surface area contributed by atoms with E-state index < -0.39 is 6.04 Å². The molecule has 1 aliphatic rings. The zero-order valence-electron chi connectivity index (χ0n) is 9.16. The van der Waals surface area contributed by atoms with E-state index in [-0.39, 0.29) is 17.3 Å². The highest BCUT2D eigenvalue weighted by Crippen LogP contribution is 2.12. The van der Waals surface area contributed by atoms with Crippen molar-refractivity contribution in [1.82, 2.24) is 16.0 Å².